The molecule has 1 aliphatic rings. The molecule has 1 aromatic carbocycles. The summed E-state index contributed by atoms with van der Waals surface area (Å²) in [5.41, 5.74) is 0.991. The van der Waals surface area contributed by atoms with Gasteiger partial charge in [-0.15, -0.1) is 0 Å². The van der Waals surface area contributed by atoms with Gasteiger partial charge in [-0.2, -0.15) is 0 Å². The number of ether oxygens (including phenoxy) is 1. The zero-order chi connectivity index (χ0) is 16.1. The van der Waals surface area contributed by atoms with Gasteiger partial charge in [0.05, 0.1) is 5.92 Å². The van der Waals surface area contributed by atoms with Crippen molar-refractivity contribution in [2.45, 2.75) is 19.4 Å². The third-order valence-electron chi connectivity index (χ3n) is 4.00. The molecule has 0 unspecified atom stereocenters. The molecule has 1 aromatic heterocycles. The minimum Gasteiger partial charge on any atom is -0.461 e. The molecule has 1 aliphatic heterocycles. The Morgan fingerprint density at radius 3 is 3.00 bits per heavy atom. The van der Waals surface area contributed by atoms with Gasteiger partial charge in [0.15, 0.2) is 0 Å². The maximum Gasteiger partial charge on any atom is 0.311 e. The molecular weight excluding hydrogens is 356 g/mol. The summed E-state index contributed by atoms with van der Waals surface area (Å²) < 4.78 is 6.49. The van der Waals surface area contributed by atoms with E-state index in [2.05, 4.69) is 25.8 Å². The van der Waals surface area contributed by atoms with E-state index < -0.39 is 0 Å². The number of hydrogen-bond donors (Lipinski definition) is 0. The molecule has 0 N–H and O–H groups in total. The fourth-order valence-corrected chi connectivity index (χ4v) is 3.26. The Morgan fingerprint density at radius 2 is 2.22 bits per heavy atom. The third-order valence-corrected chi connectivity index (χ3v) is 4.49. The first-order valence-corrected chi connectivity index (χ1v) is 8.59. The van der Waals surface area contributed by atoms with E-state index in [4.69, 9.17) is 4.74 Å². The number of piperidine rings is 1. The molecule has 0 bridgehead atoms. The Labute approximate surface area is 144 Å². The molecule has 0 amide bonds. The second kappa shape index (κ2) is 7.59. The summed E-state index contributed by atoms with van der Waals surface area (Å²) >= 11 is 3.43. The van der Waals surface area contributed by atoms with E-state index in [0.717, 1.165) is 35.2 Å². The van der Waals surface area contributed by atoms with Crippen molar-refractivity contribution in [3.8, 4) is 0 Å². The Balaban J connectivity index is 1.57. The van der Waals surface area contributed by atoms with Crippen LogP contribution in [-0.4, -0.2) is 24.0 Å². The van der Waals surface area contributed by atoms with Crippen molar-refractivity contribution in [2.24, 2.45) is 5.92 Å². The van der Waals surface area contributed by atoms with Crippen molar-refractivity contribution in [1.82, 2.24) is 4.98 Å². The van der Waals surface area contributed by atoms with Gasteiger partial charge in [-0.1, -0.05) is 34.1 Å². The molecule has 0 spiro atoms. The van der Waals surface area contributed by atoms with Crippen LogP contribution >= 0.6 is 15.9 Å². The van der Waals surface area contributed by atoms with Crippen LogP contribution in [0.1, 0.15) is 18.4 Å². The molecule has 1 fully saturated rings. The number of hydrogen-bond acceptors (Lipinski definition) is 4. The average Bonchev–Trinajstić information content (AvgIpc) is 2.61. The van der Waals surface area contributed by atoms with Crippen LogP contribution < -0.4 is 4.90 Å². The first kappa shape index (κ1) is 16.0. The maximum atomic E-state index is 12.4. The molecule has 0 radical (unpaired) electrons. The molecule has 120 valence electrons. The van der Waals surface area contributed by atoms with Gasteiger partial charge >= 0.3 is 5.97 Å². The molecule has 3 rings (SSSR count). The lowest BCUT2D eigenvalue weighted by Crippen LogP contribution is -2.39. The summed E-state index contributed by atoms with van der Waals surface area (Å²) in [6.07, 6.45) is 3.64. The summed E-state index contributed by atoms with van der Waals surface area (Å²) in [5.74, 6) is 0.723. The number of rotatable bonds is 4. The number of carbonyl (C=O) groups is 1. The standard InChI is InChI=1S/C18H19BrN2O2/c19-16-7-3-5-14(11-16)13-23-18(22)15-6-4-10-21(12-15)17-8-1-2-9-20-17/h1-3,5,7-9,11,15H,4,6,10,12-13H2/t15-/m1/s1. The zero-order valence-electron chi connectivity index (χ0n) is 12.8. The number of benzene rings is 1. The fourth-order valence-electron chi connectivity index (χ4n) is 2.82. The largest absolute Gasteiger partial charge is 0.461 e. The van der Waals surface area contributed by atoms with Gasteiger partial charge in [-0.05, 0) is 42.7 Å². The van der Waals surface area contributed by atoms with E-state index in [0.29, 0.717) is 13.2 Å². The minimum absolute atomic E-state index is 0.0853. The van der Waals surface area contributed by atoms with Crippen LogP contribution in [0.15, 0.2) is 53.1 Å². The molecule has 1 atom stereocenters. The van der Waals surface area contributed by atoms with Gasteiger partial charge in [0.2, 0.25) is 0 Å². The number of pyridine rings is 1. The lowest BCUT2D eigenvalue weighted by molar-refractivity contribution is -0.150. The van der Waals surface area contributed by atoms with Crippen molar-refractivity contribution in [1.29, 1.82) is 0 Å². The minimum atomic E-state index is -0.120. The van der Waals surface area contributed by atoms with Crippen molar-refractivity contribution in [2.75, 3.05) is 18.0 Å². The second-order valence-corrected chi connectivity index (χ2v) is 6.63. The Bertz CT molecular complexity index is 663. The predicted octanol–water partition coefficient (Wildman–Crippen LogP) is 3.80. The van der Waals surface area contributed by atoms with Crippen molar-refractivity contribution in [3.63, 3.8) is 0 Å². The van der Waals surface area contributed by atoms with Crippen LogP contribution in [0.25, 0.3) is 0 Å². The van der Waals surface area contributed by atoms with Gasteiger partial charge in [0, 0.05) is 23.8 Å². The fraction of sp³-hybridized carbons (Fsp3) is 0.333. The molecular formula is C18H19BrN2O2. The van der Waals surface area contributed by atoms with Crippen LogP contribution in [0.5, 0.6) is 0 Å². The normalized spacial score (nSPS) is 17.8. The van der Waals surface area contributed by atoms with E-state index in [1.54, 1.807) is 6.20 Å². The summed E-state index contributed by atoms with van der Waals surface area (Å²) in [6, 6.07) is 13.7. The maximum absolute atomic E-state index is 12.4. The topological polar surface area (TPSA) is 42.4 Å². The first-order valence-electron chi connectivity index (χ1n) is 7.79. The van der Waals surface area contributed by atoms with Gasteiger partial charge in [0.1, 0.15) is 12.4 Å². The van der Waals surface area contributed by atoms with Crippen LogP contribution in [0.4, 0.5) is 5.82 Å². The van der Waals surface area contributed by atoms with Crippen molar-refractivity contribution in [3.05, 3.63) is 58.7 Å². The molecule has 0 aliphatic carbocycles. The van der Waals surface area contributed by atoms with Gasteiger partial charge < -0.3 is 9.64 Å². The molecule has 0 saturated carbocycles. The van der Waals surface area contributed by atoms with E-state index in [1.807, 2.05) is 42.5 Å². The molecule has 5 heteroatoms. The summed E-state index contributed by atoms with van der Waals surface area (Å²) in [4.78, 5) is 18.9. The average molecular weight is 375 g/mol. The molecule has 23 heavy (non-hydrogen) atoms. The van der Waals surface area contributed by atoms with E-state index >= 15 is 0 Å². The smallest absolute Gasteiger partial charge is 0.311 e. The zero-order valence-corrected chi connectivity index (χ0v) is 14.4. The van der Waals surface area contributed by atoms with E-state index in [-0.39, 0.29) is 11.9 Å². The van der Waals surface area contributed by atoms with Crippen LogP contribution in [-0.2, 0) is 16.1 Å². The highest BCUT2D eigenvalue weighted by molar-refractivity contribution is 9.10. The predicted molar refractivity (Wildman–Crippen MR) is 93.1 cm³/mol. The highest BCUT2D eigenvalue weighted by Gasteiger charge is 2.27. The monoisotopic (exact) mass is 374 g/mol. The molecule has 1 saturated heterocycles. The highest BCUT2D eigenvalue weighted by Crippen LogP contribution is 2.22. The Kier molecular flexibility index (Phi) is 5.28. The van der Waals surface area contributed by atoms with E-state index in [1.165, 1.54) is 0 Å². The second-order valence-electron chi connectivity index (χ2n) is 5.71. The summed E-state index contributed by atoms with van der Waals surface area (Å²) in [5, 5.41) is 0. The van der Waals surface area contributed by atoms with Crippen molar-refractivity contribution < 1.29 is 9.53 Å². The Morgan fingerprint density at radius 1 is 1.30 bits per heavy atom. The first-order chi connectivity index (χ1) is 11.2. The number of nitrogens with zero attached hydrogens (tertiary/aromatic N) is 2. The number of anilines is 1. The summed E-state index contributed by atoms with van der Waals surface area (Å²) in [7, 11) is 0. The number of esters is 1. The lowest BCUT2D eigenvalue weighted by atomic mass is 9.98. The molecule has 4 nitrogen and oxygen atoms in total. The number of aromatic nitrogens is 1. The third kappa shape index (κ3) is 4.32. The Hall–Kier alpha value is -1.88. The summed E-state index contributed by atoms with van der Waals surface area (Å²) in [6.45, 7) is 1.93. The van der Waals surface area contributed by atoms with Crippen LogP contribution in [0.2, 0.25) is 0 Å². The number of carbonyl (C=O) groups excluding carboxylic acids is 1. The number of halogens is 1. The SMILES string of the molecule is O=C(OCc1cccc(Br)c1)[C@@H]1CCCN(c2ccccn2)C1. The van der Waals surface area contributed by atoms with Crippen molar-refractivity contribution >= 4 is 27.7 Å². The van der Waals surface area contributed by atoms with Gasteiger partial charge in [-0.3, -0.25) is 4.79 Å². The quantitative estimate of drug-likeness (QED) is 0.763. The lowest BCUT2D eigenvalue weighted by Gasteiger charge is -2.32. The van der Waals surface area contributed by atoms with Crippen LogP contribution in [0, 0.1) is 5.92 Å². The molecule has 2 aromatic rings. The van der Waals surface area contributed by atoms with E-state index in [9.17, 15) is 4.79 Å². The highest BCUT2D eigenvalue weighted by atomic mass is 79.9. The van der Waals surface area contributed by atoms with Gasteiger partial charge in [0.25, 0.3) is 0 Å². The van der Waals surface area contributed by atoms with Gasteiger partial charge in [-0.25, -0.2) is 4.98 Å². The van der Waals surface area contributed by atoms with Crippen LogP contribution in [0.3, 0.4) is 0 Å². The molecule has 2 heterocycles.